The standard InChI is InChI=1S/C28H31FN6O2/c1-34-22(9-12-31-34)26(36)33-24(23-20-8-4-3-7-18(20)16-28(23)10-11-28)27(37)32-19-15-21(29)25(30-17-19)35-13-5-2-6-14-35/h3-4,7-9,12,15,17,23-24H,2,5-6,10-11,13-14,16H2,1H3,(H,32,37)(H,33,36)/t23?,24-/m0/s1. The SMILES string of the molecule is Cn1nccc1C(=O)N[C@H](C(=O)Nc1cnc(N2CCCCC2)c(F)c1)C1c2ccccc2CC12CC2. The fourth-order valence-electron chi connectivity index (χ4n) is 6.17. The lowest BCUT2D eigenvalue weighted by atomic mass is 9.82. The van der Waals surface area contributed by atoms with Crippen LogP contribution in [0, 0.1) is 11.2 Å². The third-order valence-electron chi connectivity index (χ3n) is 8.19. The zero-order valence-corrected chi connectivity index (χ0v) is 20.9. The van der Waals surface area contributed by atoms with E-state index < -0.39 is 11.9 Å². The molecule has 2 atom stereocenters. The highest BCUT2D eigenvalue weighted by Crippen LogP contribution is 2.64. The highest BCUT2D eigenvalue weighted by atomic mass is 19.1. The molecule has 1 saturated heterocycles. The maximum atomic E-state index is 15.0. The van der Waals surface area contributed by atoms with E-state index in [1.165, 1.54) is 22.5 Å². The first kappa shape index (κ1) is 23.6. The van der Waals surface area contributed by atoms with Gasteiger partial charge in [-0.15, -0.1) is 0 Å². The van der Waals surface area contributed by atoms with Crippen molar-refractivity contribution in [2.45, 2.75) is 50.5 Å². The maximum Gasteiger partial charge on any atom is 0.270 e. The third kappa shape index (κ3) is 4.36. The molecule has 9 heteroatoms. The smallest absolute Gasteiger partial charge is 0.270 e. The van der Waals surface area contributed by atoms with Gasteiger partial charge in [-0.3, -0.25) is 14.3 Å². The number of halogens is 1. The fraction of sp³-hybridized carbons (Fsp3) is 0.429. The summed E-state index contributed by atoms with van der Waals surface area (Å²) in [7, 11) is 1.69. The lowest BCUT2D eigenvalue weighted by molar-refractivity contribution is -0.118. The number of aryl methyl sites for hydroxylation is 1. The van der Waals surface area contributed by atoms with Gasteiger partial charge < -0.3 is 15.5 Å². The number of hydrogen-bond donors (Lipinski definition) is 2. The molecule has 2 aliphatic carbocycles. The summed E-state index contributed by atoms with van der Waals surface area (Å²) in [5.41, 5.74) is 2.91. The van der Waals surface area contributed by atoms with Crippen molar-refractivity contribution in [3.8, 4) is 0 Å². The van der Waals surface area contributed by atoms with Gasteiger partial charge in [0.2, 0.25) is 5.91 Å². The van der Waals surface area contributed by atoms with Crippen LogP contribution in [0.15, 0.2) is 48.8 Å². The van der Waals surface area contributed by atoms with Crippen LogP contribution in [0.2, 0.25) is 0 Å². The number of carbonyl (C=O) groups is 2. The highest BCUT2D eigenvalue weighted by Gasteiger charge is 2.58. The number of nitrogens with one attached hydrogen (secondary N) is 2. The molecular formula is C28H31FN6O2. The van der Waals surface area contributed by atoms with Crippen molar-refractivity contribution in [2.75, 3.05) is 23.3 Å². The minimum atomic E-state index is -0.835. The second-order valence-electron chi connectivity index (χ2n) is 10.6. The highest BCUT2D eigenvalue weighted by molar-refractivity contribution is 6.01. The molecule has 3 aliphatic rings. The van der Waals surface area contributed by atoms with E-state index in [2.05, 4.69) is 32.8 Å². The number of hydrogen-bond acceptors (Lipinski definition) is 5. The van der Waals surface area contributed by atoms with Gasteiger partial charge in [-0.05, 0) is 61.1 Å². The molecule has 192 valence electrons. The second kappa shape index (κ2) is 9.28. The van der Waals surface area contributed by atoms with Gasteiger partial charge >= 0.3 is 0 Å². The van der Waals surface area contributed by atoms with Crippen LogP contribution in [0.1, 0.15) is 59.6 Å². The molecule has 1 aliphatic heterocycles. The number of carbonyl (C=O) groups excluding carboxylic acids is 2. The van der Waals surface area contributed by atoms with Gasteiger partial charge in [0.1, 0.15) is 11.7 Å². The molecule has 0 radical (unpaired) electrons. The molecule has 1 saturated carbocycles. The number of fused-ring (bicyclic) bond motifs is 1. The summed E-state index contributed by atoms with van der Waals surface area (Å²) >= 11 is 0. The lowest BCUT2D eigenvalue weighted by Gasteiger charge is -2.30. The minimum Gasteiger partial charge on any atom is -0.354 e. The molecule has 2 amide bonds. The predicted molar refractivity (Wildman–Crippen MR) is 138 cm³/mol. The Hall–Kier alpha value is -3.75. The van der Waals surface area contributed by atoms with Crippen LogP contribution in [0.25, 0.3) is 0 Å². The van der Waals surface area contributed by atoms with Gasteiger partial charge in [-0.2, -0.15) is 5.10 Å². The topological polar surface area (TPSA) is 92.1 Å². The first-order chi connectivity index (χ1) is 17.9. The summed E-state index contributed by atoms with van der Waals surface area (Å²) in [6.07, 6.45) is 9.11. The zero-order valence-electron chi connectivity index (χ0n) is 20.9. The number of pyridine rings is 1. The van der Waals surface area contributed by atoms with E-state index in [-0.39, 0.29) is 28.8 Å². The van der Waals surface area contributed by atoms with E-state index in [1.54, 1.807) is 19.3 Å². The molecule has 2 N–H and O–H groups in total. The van der Waals surface area contributed by atoms with E-state index in [0.717, 1.165) is 57.2 Å². The van der Waals surface area contributed by atoms with Crippen LogP contribution in [0.5, 0.6) is 0 Å². The maximum absolute atomic E-state index is 15.0. The van der Waals surface area contributed by atoms with Crippen molar-refractivity contribution >= 4 is 23.3 Å². The predicted octanol–water partition coefficient (Wildman–Crippen LogP) is 3.80. The molecular weight excluding hydrogens is 471 g/mol. The van der Waals surface area contributed by atoms with E-state index in [9.17, 15) is 9.59 Å². The van der Waals surface area contributed by atoms with Crippen LogP contribution < -0.4 is 15.5 Å². The molecule has 0 bridgehead atoms. The summed E-state index contributed by atoms with van der Waals surface area (Å²) in [6.45, 7) is 1.56. The number of rotatable bonds is 6. The Kier molecular flexibility index (Phi) is 5.93. The summed E-state index contributed by atoms with van der Waals surface area (Å²) in [6, 6.07) is 10.3. The first-order valence-corrected chi connectivity index (χ1v) is 13.0. The average Bonchev–Trinajstić information content (AvgIpc) is 3.40. The Morgan fingerprint density at radius 2 is 1.92 bits per heavy atom. The van der Waals surface area contributed by atoms with Gasteiger partial charge in [0, 0.05) is 38.3 Å². The third-order valence-corrected chi connectivity index (χ3v) is 8.19. The largest absolute Gasteiger partial charge is 0.354 e. The number of anilines is 2. The summed E-state index contributed by atoms with van der Waals surface area (Å²) in [4.78, 5) is 33.3. The number of piperidine rings is 1. The van der Waals surface area contributed by atoms with E-state index >= 15 is 4.39 Å². The van der Waals surface area contributed by atoms with Crippen LogP contribution >= 0.6 is 0 Å². The van der Waals surface area contributed by atoms with Gasteiger partial charge in [0.25, 0.3) is 5.91 Å². The first-order valence-electron chi connectivity index (χ1n) is 13.0. The lowest BCUT2D eigenvalue weighted by Crippen LogP contribution is -2.49. The van der Waals surface area contributed by atoms with Gasteiger partial charge in [0.05, 0.1) is 11.9 Å². The molecule has 3 aromatic rings. The quantitative estimate of drug-likeness (QED) is 0.535. The molecule has 6 rings (SSSR count). The molecule has 3 heterocycles. The van der Waals surface area contributed by atoms with Crippen LogP contribution in [-0.2, 0) is 18.3 Å². The minimum absolute atomic E-state index is 0.0486. The Morgan fingerprint density at radius 1 is 1.14 bits per heavy atom. The van der Waals surface area contributed by atoms with Crippen molar-refractivity contribution in [3.05, 3.63) is 71.4 Å². The van der Waals surface area contributed by atoms with Gasteiger partial charge in [0.15, 0.2) is 11.6 Å². The van der Waals surface area contributed by atoms with Crippen LogP contribution in [-0.4, -0.2) is 45.7 Å². The molecule has 37 heavy (non-hydrogen) atoms. The monoisotopic (exact) mass is 502 g/mol. The number of nitrogens with zero attached hydrogens (tertiary/aromatic N) is 4. The molecule has 8 nitrogen and oxygen atoms in total. The molecule has 1 spiro atoms. The molecule has 2 fully saturated rings. The molecule has 1 aromatic carbocycles. The van der Waals surface area contributed by atoms with E-state index in [1.807, 2.05) is 17.0 Å². The van der Waals surface area contributed by atoms with E-state index in [0.29, 0.717) is 11.5 Å². The van der Waals surface area contributed by atoms with E-state index in [4.69, 9.17) is 0 Å². The van der Waals surface area contributed by atoms with Gasteiger partial charge in [-0.25, -0.2) is 9.37 Å². The Morgan fingerprint density at radius 3 is 2.62 bits per heavy atom. The van der Waals surface area contributed by atoms with Crippen molar-refractivity contribution in [1.29, 1.82) is 0 Å². The Bertz CT molecular complexity index is 1340. The van der Waals surface area contributed by atoms with Crippen molar-refractivity contribution in [2.24, 2.45) is 12.5 Å². The summed E-state index contributed by atoms with van der Waals surface area (Å²) in [5.74, 6) is -1.06. The summed E-state index contributed by atoms with van der Waals surface area (Å²) in [5, 5.41) is 9.95. The van der Waals surface area contributed by atoms with Gasteiger partial charge in [-0.1, -0.05) is 24.3 Å². The van der Waals surface area contributed by atoms with Crippen molar-refractivity contribution in [3.63, 3.8) is 0 Å². The Balaban J connectivity index is 1.29. The Labute approximate surface area is 215 Å². The fourth-order valence-corrected chi connectivity index (χ4v) is 6.17. The normalized spacial score (nSPS) is 20.4. The van der Waals surface area contributed by atoms with Crippen LogP contribution in [0.4, 0.5) is 15.9 Å². The van der Waals surface area contributed by atoms with Crippen molar-refractivity contribution < 1.29 is 14.0 Å². The zero-order chi connectivity index (χ0) is 25.6. The summed E-state index contributed by atoms with van der Waals surface area (Å²) < 4.78 is 16.5. The number of amides is 2. The van der Waals surface area contributed by atoms with Crippen molar-refractivity contribution in [1.82, 2.24) is 20.1 Å². The molecule has 1 unspecified atom stereocenters. The molecule has 2 aromatic heterocycles. The van der Waals surface area contributed by atoms with Crippen LogP contribution in [0.3, 0.4) is 0 Å². The number of benzene rings is 1. The second-order valence-corrected chi connectivity index (χ2v) is 10.6. The average molecular weight is 503 g/mol. The number of aromatic nitrogens is 3.